The van der Waals surface area contributed by atoms with Gasteiger partial charge < -0.3 is 15.3 Å². The highest BCUT2D eigenvalue weighted by Crippen LogP contribution is 2.27. The number of aliphatic hydroxyl groups is 1. The molecule has 3 heterocycles. The minimum Gasteiger partial charge on any atom is -0.390 e. The van der Waals surface area contributed by atoms with E-state index in [1.165, 1.54) is 17.5 Å². The van der Waals surface area contributed by atoms with Crippen molar-refractivity contribution in [1.82, 2.24) is 19.8 Å². The van der Waals surface area contributed by atoms with Gasteiger partial charge in [-0.3, -0.25) is 9.69 Å². The number of hydrogen-bond donors (Lipinski definition) is 2. The maximum atomic E-state index is 13.2. The van der Waals surface area contributed by atoms with Crippen LogP contribution in [0, 0.1) is 17.2 Å². The summed E-state index contributed by atoms with van der Waals surface area (Å²) in [5.74, 6) is 0.621. The zero-order valence-electron chi connectivity index (χ0n) is 19.4. The summed E-state index contributed by atoms with van der Waals surface area (Å²) in [5, 5.41) is 23.4. The Labute approximate surface area is 200 Å². The van der Waals surface area contributed by atoms with E-state index in [0.717, 1.165) is 51.6 Å². The molecule has 34 heavy (non-hydrogen) atoms. The van der Waals surface area contributed by atoms with Gasteiger partial charge in [-0.1, -0.05) is 24.3 Å². The number of rotatable bonds is 4. The molecule has 2 fully saturated rings. The second kappa shape index (κ2) is 10.1. The van der Waals surface area contributed by atoms with E-state index in [2.05, 4.69) is 50.5 Å². The van der Waals surface area contributed by atoms with Crippen LogP contribution in [0.2, 0.25) is 0 Å². The van der Waals surface area contributed by atoms with Crippen LogP contribution in [0.15, 0.2) is 36.7 Å². The van der Waals surface area contributed by atoms with Gasteiger partial charge in [0.15, 0.2) is 0 Å². The molecule has 0 radical (unpaired) electrons. The first-order valence-electron chi connectivity index (χ1n) is 12.4. The number of hydrogen-bond acceptors (Lipinski definition) is 7. The molecule has 1 amide bonds. The zero-order valence-corrected chi connectivity index (χ0v) is 19.4. The van der Waals surface area contributed by atoms with E-state index in [1.807, 2.05) is 0 Å². The molecule has 5 rings (SSSR count). The summed E-state index contributed by atoms with van der Waals surface area (Å²) in [7, 11) is 0. The van der Waals surface area contributed by atoms with E-state index in [-0.39, 0.29) is 23.9 Å². The van der Waals surface area contributed by atoms with E-state index in [0.29, 0.717) is 24.6 Å². The van der Waals surface area contributed by atoms with Crippen molar-refractivity contribution in [3.8, 4) is 6.07 Å². The Morgan fingerprint density at radius 3 is 2.65 bits per heavy atom. The molecule has 3 aliphatic rings. The van der Waals surface area contributed by atoms with Gasteiger partial charge in [-0.05, 0) is 49.7 Å². The Bertz CT molecular complexity index is 1060. The maximum Gasteiger partial charge on any atom is 0.272 e. The van der Waals surface area contributed by atoms with Crippen LogP contribution in [-0.4, -0.2) is 68.6 Å². The molecule has 0 bridgehead atoms. The Morgan fingerprint density at radius 1 is 1.09 bits per heavy atom. The second-order valence-corrected chi connectivity index (χ2v) is 9.77. The minimum atomic E-state index is -0.585. The molecule has 1 saturated carbocycles. The average Bonchev–Trinajstić information content (AvgIpc) is 2.88. The maximum absolute atomic E-state index is 13.2. The van der Waals surface area contributed by atoms with Crippen molar-refractivity contribution in [2.24, 2.45) is 5.92 Å². The summed E-state index contributed by atoms with van der Waals surface area (Å²) in [6.07, 6.45) is 6.20. The second-order valence-electron chi connectivity index (χ2n) is 9.77. The van der Waals surface area contributed by atoms with E-state index < -0.39 is 6.10 Å². The number of anilines is 1. The first-order chi connectivity index (χ1) is 16.6. The molecule has 2 N–H and O–H groups in total. The molecule has 1 aliphatic carbocycles. The number of aliphatic hydroxyl groups excluding tert-OH is 1. The van der Waals surface area contributed by atoms with Crippen molar-refractivity contribution in [2.45, 2.75) is 63.3 Å². The van der Waals surface area contributed by atoms with Gasteiger partial charge in [-0.2, -0.15) is 5.26 Å². The fraction of sp³-hybridized carbons (Fsp3) is 0.538. The molecule has 1 aromatic heterocycles. The number of nitrogens with one attached hydrogen (secondary N) is 1. The monoisotopic (exact) mass is 460 g/mol. The molecular formula is C26H32N6O2. The van der Waals surface area contributed by atoms with Crippen molar-refractivity contribution >= 4 is 11.7 Å². The predicted octanol–water partition coefficient (Wildman–Crippen LogP) is 2.60. The number of carbonyl (C=O) groups excluding carboxylic acids is 1. The number of piperidine rings is 1. The summed E-state index contributed by atoms with van der Waals surface area (Å²) in [6.45, 7) is 2.70. The zero-order chi connectivity index (χ0) is 23.5. The first-order valence-corrected chi connectivity index (χ1v) is 12.4. The summed E-state index contributed by atoms with van der Waals surface area (Å²) in [5.41, 5.74) is 3.08. The smallest absolute Gasteiger partial charge is 0.272 e. The number of likely N-dealkylation sites (tertiary alicyclic amines) is 1. The fourth-order valence-electron chi connectivity index (χ4n) is 5.62. The van der Waals surface area contributed by atoms with Crippen LogP contribution < -0.4 is 5.32 Å². The SMILES string of the molecule is N#CC1CCC(Nc2cc(C(=O)N3CC[C@H](N4CCc5ccccc5C4)[C@@H](O)C3)ncn2)CC1. The fourth-order valence-corrected chi connectivity index (χ4v) is 5.62. The molecule has 2 aromatic rings. The number of amides is 1. The van der Waals surface area contributed by atoms with Crippen molar-refractivity contribution < 1.29 is 9.90 Å². The molecule has 8 nitrogen and oxygen atoms in total. The minimum absolute atomic E-state index is 0.0589. The summed E-state index contributed by atoms with van der Waals surface area (Å²) < 4.78 is 0. The lowest BCUT2D eigenvalue weighted by atomic mass is 9.87. The number of β-amino-alcohol motifs (C(OH)–C–C–N with tert-alkyl or cyclic N) is 1. The van der Waals surface area contributed by atoms with E-state index in [4.69, 9.17) is 5.26 Å². The van der Waals surface area contributed by atoms with Crippen molar-refractivity contribution in [3.05, 3.63) is 53.5 Å². The van der Waals surface area contributed by atoms with E-state index in [1.54, 1.807) is 11.0 Å². The Kier molecular flexibility index (Phi) is 6.75. The molecule has 1 saturated heterocycles. The highest BCUT2D eigenvalue weighted by molar-refractivity contribution is 5.93. The third-order valence-electron chi connectivity index (χ3n) is 7.61. The van der Waals surface area contributed by atoms with Crippen LogP contribution in [0.5, 0.6) is 0 Å². The van der Waals surface area contributed by atoms with E-state index in [9.17, 15) is 9.90 Å². The Balaban J connectivity index is 1.18. The lowest BCUT2D eigenvalue weighted by Crippen LogP contribution is -2.56. The van der Waals surface area contributed by atoms with Gasteiger partial charge in [0.25, 0.3) is 5.91 Å². The van der Waals surface area contributed by atoms with Crippen LogP contribution in [0.25, 0.3) is 0 Å². The third kappa shape index (κ3) is 4.91. The van der Waals surface area contributed by atoms with Gasteiger partial charge in [-0.15, -0.1) is 0 Å². The topological polar surface area (TPSA) is 105 Å². The van der Waals surface area contributed by atoms with Gasteiger partial charge in [0.2, 0.25) is 0 Å². The number of carbonyl (C=O) groups is 1. The molecule has 1 aromatic carbocycles. The number of nitriles is 1. The predicted molar refractivity (Wildman–Crippen MR) is 128 cm³/mol. The van der Waals surface area contributed by atoms with Gasteiger partial charge >= 0.3 is 0 Å². The summed E-state index contributed by atoms with van der Waals surface area (Å²) >= 11 is 0. The quantitative estimate of drug-likeness (QED) is 0.722. The first kappa shape index (κ1) is 22.8. The Hall–Kier alpha value is -3.02. The average molecular weight is 461 g/mol. The van der Waals surface area contributed by atoms with Gasteiger partial charge in [0, 0.05) is 50.2 Å². The third-order valence-corrected chi connectivity index (χ3v) is 7.61. The highest BCUT2D eigenvalue weighted by Gasteiger charge is 2.35. The van der Waals surface area contributed by atoms with Crippen LogP contribution in [-0.2, 0) is 13.0 Å². The highest BCUT2D eigenvalue weighted by atomic mass is 16.3. The largest absolute Gasteiger partial charge is 0.390 e. The molecule has 0 spiro atoms. The number of benzene rings is 1. The van der Waals surface area contributed by atoms with Crippen molar-refractivity contribution in [1.29, 1.82) is 5.26 Å². The Morgan fingerprint density at radius 2 is 1.88 bits per heavy atom. The van der Waals surface area contributed by atoms with Gasteiger partial charge in [0.1, 0.15) is 17.8 Å². The van der Waals surface area contributed by atoms with Crippen LogP contribution >= 0.6 is 0 Å². The summed E-state index contributed by atoms with van der Waals surface area (Å²) in [4.78, 5) is 25.7. The lowest BCUT2D eigenvalue weighted by molar-refractivity contribution is -0.0139. The standard InChI is InChI=1S/C26H32N6O2/c27-14-18-5-7-21(8-6-18)30-25-13-22(28-17-29-25)26(34)32-12-10-23(24(33)16-32)31-11-9-19-3-1-2-4-20(19)15-31/h1-4,13,17-18,21,23-24,33H,5-12,15-16H2,(H,28,29,30)/t18?,21?,23-,24-/m0/s1. The van der Waals surface area contributed by atoms with Crippen molar-refractivity contribution in [3.63, 3.8) is 0 Å². The van der Waals surface area contributed by atoms with Crippen molar-refractivity contribution in [2.75, 3.05) is 25.0 Å². The van der Waals surface area contributed by atoms with Gasteiger partial charge in [0.05, 0.1) is 12.2 Å². The lowest BCUT2D eigenvalue weighted by Gasteiger charge is -2.43. The van der Waals surface area contributed by atoms with Crippen LogP contribution in [0.3, 0.4) is 0 Å². The molecule has 2 aliphatic heterocycles. The molecular weight excluding hydrogens is 428 g/mol. The van der Waals surface area contributed by atoms with Crippen LogP contribution in [0.4, 0.5) is 5.82 Å². The number of nitrogens with zero attached hydrogens (tertiary/aromatic N) is 5. The van der Waals surface area contributed by atoms with Gasteiger partial charge in [-0.25, -0.2) is 9.97 Å². The number of aromatic nitrogens is 2. The molecule has 2 atom stereocenters. The summed E-state index contributed by atoms with van der Waals surface area (Å²) in [6, 6.07) is 12.9. The van der Waals surface area contributed by atoms with E-state index >= 15 is 0 Å². The number of fused-ring (bicyclic) bond motifs is 1. The molecule has 0 unspecified atom stereocenters. The normalized spacial score (nSPS) is 27.5. The molecule has 8 heteroatoms. The van der Waals surface area contributed by atoms with Crippen LogP contribution in [0.1, 0.15) is 53.7 Å². The molecule has 178 valence electrons.